The van der Waals surface area contributed by atoms with Crippen molar-refractivity contribution in [2.45, 2.75) is 36.7 Å². The van der Waals surface area contributed by atoms with E-state index in [1.54, 1.807) is 5.38 Å². The van der Waals surface area contributed by atoms with Gasteiger partial charge in [-0.25, -0.2) is 8.42 Å². The van der Waals surface area contributed by atoms with Crippen LogP contribution in [-0.2, 0) is 32.4 Å². The fourth-order valence-electron chi connectivity index (χ4n) is 3.55. The second-order valence-electron chi connectivity index (χ2n) is 6.81. The van der Waals surface area contributed by atoms with Gasteiger partial charge < -0.3 is 4.90 Å². The summed E-state index contributed by atoms with van der Waals surface area (Å²) in [6, 6.07) is -0.702. The van der Waals surface area contributed by atoms with Gasteiger partial charge in [-0.1, -0.05) is 23.2 Å². The van der Waals surface area contributed by atoms with E-state index in [2.05, 4.69) is 21.2 Å². The highest BCUT2D eigenvalue weighted by Gasteiger charge is 2.40. The third-order valence-electron chi connectivity index (χ3n) is 5.03. The largest absolute Gasteiger partial charge is 0.322 e. The topological polar surface area (TPSA) is 101 Å². The van der Waals surface area contributed by atoms with Crippen molar-refractivity contribution in [3.63, 3.8) is 0 Å². The van der Waals surface area contributed by atoms with Crippen LogP contribution >= 0.6 is 61.8 Å². The van der Waals surface area contributed by atoms with E-state index in [-0.39, 0.29) is 61.4 Å². The Morgan fingerprint density at radius 3 is 2.60 bits per heavy atom. The number of nitrogens with zero attached hydrogens (tertiary/aromatic N) is 1. The molecule has 2 aromatic rings. The third kappa shape index (κ3) is 3.84. The Bertz CT molecular complexity index is 1190. The number of hydrogen-bond acceptors (Lipinski definition) is 7. The Kier molecular flexibility index (Phi) is 6.06. The molecule has 160 valence electrons. The summed E-state index contributed by atoms with van der Waals surface area (Å²) in [5.41, 5.74) is 1.22. The Balaban J connectivity index is 1.52. The number of amides is 3. The monoisotopic (exact) mass is 570 g/mol. The average Bonchev–Trinajstić information content (AvgIpc) is 3.28. The van der Waals surface area contributed by atoms with Gasteiger partial charge in [0.15, 0.2) is 9.84 Å². The lowest BCUT2D eigenvalue weighted by Crippen LogP contribution is -2.52. The number of rotatable bonds is 5. The molecule has 0 aromatic carbocycles. The number of nitrogens with one attached hydrogen (secondary N) is 1. The normalized spacial score (nSPS) is 19.4. The standard InChI is InChI=1S/C17H13BrCl2N2O5S3/c18-12-13(15(20)29-14(12)19)30(26,27)4-3-10-7-5-22(17(25)8(7)6-28-10)9-1-2-11(23)21-16(9)24/h6,9H,1-5H2,(H,21,23,24). The molecule has 1 unspecified atom stereocenters. The van der Waals surface area contributed by atoms with Crippen LogP contribution in [0.15, 0.2) is 14.7 Å². The lowest BCUT2D eigenvalue weighted by molar-refractivity contribution is -0.136. The van der Waals surface area contributed by atoms with Crippen molar-refractivity contribution in [2.24, 2.45) is 0 Å². The zero-order valence-electron chi connectivity index (χ0n) is 15.0. The van der Waals surface area contributed by atoms with Crippen LogP contribution in [0.1, 0.15) is 33.6 Å². The third-order valence-corrected chi connectivity index (χ3v) is 11.3. The fourth-order valence-corrected chi connectivity index (χ4v) is 9.73. The van der Waals surface area contributed by atoms with Gasteiger partial charge in [-0.3, -0.25) is 19.7 Å². The predicted molar refractivity (Wildman–Crippen MR) is 118 cm³/mol. The zero-order valence-corrected chi connectivity index (χ0v) is 20.6. The molecule has 3 amide bonds. The minimum absolute atomic E-state index is 0.0198. The van der Waals surface area contributed by atoms with E-state index in [0.717, 1.165) is 21.8 Å². The smallest absolute Gasteiger partial charge is 0.256 e. The number of aryl methyl sites for hydroxylation is 1. The van der Waals surface area contributed by atoms with Crippen molar-refractivity contribution in [2.75, 3.05) is 5.75 Å². The second kappa shape index (κ2) is 8.18. The Hall–Kier alpha value is -0.980. The number of thiophene rings is 2. The van der Waals surface area contributed by atoms with Crippen LogP contribution in [0.25, 0.3) is 0 Å². The van der Waals surface area contributed by atoms with Gasteiger partial charge in [-0.05, 0) is 34.3 Å². The molecular formula is C17H13BrCl2N2O5S3. The molecule has 0 bridgehead atoms. The number of sulfone groups is 1. The van der Waals surface area contributed by atoms with Crippen molar-refractivity contribution in [1.29, 1.82) is 0 Å². The summed E-state index contributed by atoms with van der Waals surface area (Å²) in [7, 11) is -3.70. The van der Waals surface area contributed by atoms with E-state index in [4.69, 9.17) is 23.2 Å². The number of halogens is 3. The first-order valence-corrected chi connectivity index (χ1v) is 13.6. The van der Waals surface area contributed by atoms with Crippen LogP contribution in [-0.4, -0.2) is 42.8 Å². The minimum atomic E-state index is -3.70. The van der Waals surface area contributed by atoms with Gasteiger partial charge in [-0.2, -0.15) is 0 Å². The Morgan fingerprint density at radius 1 is 1.23 bits per heavy atom. The molecule has 13 heteroatoms. The summed E-state index contributed by atoms with van der Waals surface area (Å²) in [5, 5.41) is 3.95. The summed E-state index contributed by atoms with van der Waals surface area (Å²) >= 11 is 17.5. The maximum absolute atomic E-state index is 12.8. The minimum Gasteiger partial charge on any atom is -0.322 e. The van der Waals surface area contributed by atoms with Gasteiger partial charge in [0.25, 0.3) is 5.91 Å². The van der Waals surface area contributed by atoms with E-state index >= 15 is 0 Å². The average molecular weight is 572 g/mol. The molecule has 0 spiro atoms. The highest BCUT2D eigenvalue weighted by molar-refractivity contribution is 9.10. The van der Waals surface area contributed by atoms with E-state index in [1.807, 2.05) is 0 Å². The number of fused-ring (bicyclic) bond motifs is 1. The zero-order chi connectivity index (χ0) is 21.8. The quantitative estimate of drug-likeness (QED) is 0.552. The molecule has 1 atom stereocenters. The van der Waals surface area contributed by atoms with Crippen LogP contribution in [0.4, 0.5) is 0 Å². The second-order valence-corrected chi connectivity index (χ2v) is 12.8. The Labute approximate surface area is 198 Å². The molecule has 7 nitrogen and oxygen atoms in total. The first-order valence-electron chi connectivity index (χ1n) is 8.70. The van der Waals surface area contributed by atoms with Crippen LogP contribution < -0.4 is 5.32 Å². The van der Waals surface area contributed by atoms with E-state index in [1.165, 1.54) is 16.2 Å². The molecule has 0 radical (unpaired) electrons. The summed E-state index contributed by atoms with van der Waals surface area (Å²) in [4.78, 5) is 38.5. The van der Waals surface area contributed by atoms with E-state index < -0.39 is 21.8 Å². The summed E-state index contributed by atoms with van der Waals surface area (Å²) in [5.74, 6) is -1.30. The van der Waals surface area contributed by atoms with Crippen molar-refractivity contribution in [3.8, 4) is 0 Å². The molecule has 2 aromatic heterocycles. The highest BCUT2D eigenvalue weighted by atomic mass is 79.9. The van der Waals surface area contributed by atoms with Crippen LogP contribution in [0, 0.1) is 0 Å². The summed E-state index contributed by atoms with van der Waals surface area (Å²) in [6.45, 7) is 0.216. The molecule has 2 aliphatic heterocycles. The van der Waals surface area contributed by atoms with Gasteiger partial charge in [-0.15, -0.1) is 22.7 Å². The molecular weight excluding hydrogens is 559 g/mol. The number of carbonyl (C=O) groups is 3. The molecule has 1 N–H and O–H groups in total. The van der Waals surface area contributed by atoms with Crippen LogP contribution in [0.3, 0.4) is 0 Å². The Morgan fingerprint density at radius 2 is 1.97 bits per heavy atom. The number of piperidine rings is 1. The molecule has 1 fully saturated rings. The van der Waals surface area contributed by atoms with Crippen molar-refractivity contribution >= 4 is 89.4 Å². The molecule has 0 saturated carbocycles. The van der Waals surface area contributed by atoms with Gasteiger partial charge >= 0.3 is 0 Å². The molecule has 4 rings (SSSR count). The molecule has 2 aliphatic rings. The first-order chi connectivity index (χ1) is 14.1. The lowest BCUT2D eigenvalue weighted by atomic mass is 10.0. The molecule has 4 heterocycles. The number of hydrogen-bond donors (Lipinski definition) is 1. The van der Waals surface area contributed by atoms with Crippen LogP contribution in [0.2, 0.25) is 8.67 Å². The molecule has 30 heavy (non-hydrogen) atoms. The number of carbonyl (C=O) groups excluding carboxylic acids is 3. The van der Waals surface area contributed by atoms with Crippen molar-refractivity contribution in [3.05, 3.63) is 34.5 Å². The first kappa shape index (κ1) is 22.2. The van der Waals surface area contributed by atoms with Crippen molar-refractivity contribution < 1.29 is 22.8 Å². The summed E-state index contributed by atoms with van der Waals surface area (Å²) < 4.78 is 26.2. The maximum Gasteiger partial charge on any atom is 0.256 e. The highest BCUT2D eigenvalue weighted by Crippen LogP contribution is 2.43. The van der Waals surface area contributed by atoms with E-state index in [0.29, 0.717) is 5.56 Å². The van der Waals surface area contributed by atoms with Crippen LogP contribution in [0.5, 0.6) is 0 Å². The predicted octanol–water partition coefficient (Wildman–Crippen LogP) is 3.66. The summed E-state index contributed by atoms with van der Waals surface area (Å²) in [6.07, 6.45) is 0.658. The fraction of sp³-hybridized carbons (Fsp3) is 0.353. The van der Waals surface area contributed by atoms with Crippen molar-refractivity contribution in [1.82, 2.24) is 10.2 Å². The van der Waals surface area contributed by atoms with Gasteiger partial charge in [0.05, 0.1) is 15.8 Å². The lowest BCUT2D eigenvalue weighted by Gasteiger charge is -2.29. The van der Waals surface area contributed by atoms with Gasteiger partial charge in [0, 0.05) is 23.2 Å². The van der Waals surface area contributed by atoms with Gasteiger partial charge in [0.1, 0.15) is 19.6 Å². The molecule has 0 aliphatic carbocycles. The SMILES string of the molecule is O=C1CCC(N2Cc3c(csc3CCS(=O)(=O)c3c(Cl)sc(Cl)c3Br)C2=O)C(=O)N1. The number of imide groups is 1. The molecule has 1 saturated heterocycles. The van der Waals surface area contributed by atoms with Gasteiger partial charge in [0.2, 0.25) is 11.8 Å². The van der Waals surface area contributed by atoms with E-state index in [9.17, 15) is 22.8 Å². The maximum atomic E-state index is 12.8.